The summed E-state index contributed by atoms with van der Waals surface area (Å²) >= 11 is 3.03. The molecular formula is C18H22N4O2S2. The van der Waals surface area contributed by atoms with E-state index < -0.39 is 0 Å². The van der Waals surface area contributed by atoms with Crippen LogP contribution in [0.3, 0.4) is 0 Å². The molecule has 1 fully saturated rings. The number of nitrogens with zero attached hydrogens (tertiary/aromatic N) is 3. The zero-order valence-electron chi connectivity index (χ0n) is 15.1. The highest BCUT2D eigenvalue weighted by atomic mass is 32.2. The van der Waals surface area contributed by atoms with Gasteiger partial charge >= 0.3 is 0 Å². The van der Waals surface area contributed by atoms with Crippen molar-refractivity contribution in [1.82, 2.24) is 10.2 Å². The van der Waals surface area contributed by atoms with Crippen LogP contribution in [0.2, 0.25) is 0 Å². The largest absolute Gasteiger partial charge is 0.312 e. The second kappa shape index (κ2) is 8.18. The van der Waals surface area contributed by atoms with Crippen LogP contribution in [0, 0.1) is 12.8 Å². The minimum atomic E-state index is -0.377. The maximum Gasteiger partial charge on any atom is 0.231 e. The van der Waals surface area contributed by atoms with Crippen LogP contribution in [0.1, 0.15) is 32.3 Å². The molecule has 3 rings (SSSR count). The van der Waals surface area contributed by atoms with Crippen molar-refractivity contribution in [3.05, 3.63) is 29.8 Å². The van der Waals surface area contributed by atoms with Gasteiger partial charge in [0.1, 0.15) is 0 Å². The third-order valence-electron chi connectivity index (χ3n) is 4.32. The normalized spacial score (nSPS) is 18.2. The summed E-state index contributed by atoms with van der Waals surface area (Å²) in [6.45, 7) is 6.63. The van der Waals surface area contributed by atoms with E-state index in [0.717, 1.165) is 22.0 Å². The highest BCUT2D eigenvalue weighted by Gasteiger charge is 2.35. The molecule has 1 N–H and O–H groups in total. The van der Waals surface area contributed by atoms with Crippen LogP contribution in [0.25, 0.3) is 0 Å². The molecule has 0 spiro atoms. The topological polar surface area (TPSA) is 75.2 Å². The fraction of sp³-hybridized carbons (Fsp3) is 0.444. The Hall–Kier alpha value is -1.93. The Morgan fingerprint density at radius 2 is 2.27 bits per heavy atom. The number of thioether (sulfide) groups is 1. The maximum atomic E-state index is 12.5. The molecule has 2 amide bonds. The molecule has 6 nitrogen and oxygen atoms in total. The quantitative estimate of drug-likeness (QED) is 0.601. The van der Waals surface area contributed by atoms with Crippen LogP contribution in [0.15, 0.2) is 28.6 Å². The van der Waals surface area contributed by atoms with Gasteiger partial charge in [-0.3, -0.25) is 9.59 Å². The molecule has 1 saturated heterocycles. The number of anilines is 2. The minimum absolute atomic E-state index is 0.0268. The van der Waals surface area contributed by atoms with E-state index in [2.05, 4.69) is 29.4 Å². The lowest BCUT2D eigenvalue weighted by atomic mass is 10.1. The first-order chi connectivity index (χ1) is 12.5. The van der Waals surface area contributed by atoms with E-state index in [-0.39, 0.29) is 24.2 Å². The fourth-order valence-electron chi connectivity index (χ4n) is 2.70. The van der Waals surface area contributed by atoms with Gasteiger partial charge in [-0.25, -0.2) is 0 Å². The third kappa shape index (κ3) is 4.42. The van der Waals surface area contributed by atoms with Gasteiger partial charge in [-0.1, -0.05) is 49.1 Å². The fourth-order valence-corrected chi connectivity index (χ4v) is 4.70. The molecule has 1 aromatic carbocycles. The molecule has 0 radical (unpaired) electrons. The smallest absolute Gasteiger partial charge is 0.231 e. The summed E-state index contributed by atoms with van der Waals surface area (Å²) in [6, 6.07) is 7.76. The van der Waals surface area contributed by atoms with E-state index in [4.69, 9.17) is 0 Å². The molecule has 1 aliphatic heterocycles. The molecule has 138 valence electrons. The number of carbonyl (C=O) groups excluding carboxylic acids is 2. The molecule has 1 aromatic heterocycles. The average Bonchev–Trinajstić information content (AvgIpc) is 3.21. The molecule has 0 aliphatic carbocycles. The minimum Gasteiger partial charge on any atom is -0.312 e. The van der Waals surface area contributed by atoms with Crippen molar-refractivity contribution in [2.45, 2.75) is 43.2 Å². The van der Waals surface area contributed by atoms with E-state index in [0.29, 0.717) is 16.9 Å². The summed E-state index contributed by atoms with van der Waals surface area (Å²) in [5, 5.41) is 11.9. The highest BCUT2D eigenvalue weighted by molar-refractivity contribution is 8.01. The van der Waals surface area contributed by atoms with Crippen molar-refractivity contribution in [3.63, 3.8) is 0 Å². The van der Waals surface area contributed by atoms with Gasteiger partial charge in [0, 0.05) is 23.9 Å². The van der Waals surface area contributed by atoms with Crippen LogP contribution in [-0.2, 0) is 9.59 Å². The number of amides is 2. The Balaban J connectivity index is 1.61. The van der Waals surface area contributed by atoms with Crippen molar-refractivity contribution in [3.8, 4) is 0 Å². The monoisotopic (exact) mass is 390 g/mol. The van der Waals surface area contributed by atoms with Crippen LogP contribution in [0.5, 0.6) is 0 Å². The summed E-state index contributed by atoms with van der Waals surface area (Å²) in [4.78, 5) is 26.5. The number of hydrogen-bond donors (Lipinski definition) is 1. The summed E-state index contributed by atoms with van der Waals surface area (Å²) in [6.07, 6.45) is 1.26. The number of hydrogen-bond acceptors (Lipinski definition) is 6. The van der Waals surface area contributed by atoms with Crippen molar-refractivity contribution in [1.29, 1.82) is 0 Å². The zero-order chi connectivity index (χ0) is 18.7. The summed E-state index contributed by atoms with van der Waals surface area (Å²) in [5.41, 5.74) is 1.93. The second-order valence-electron chi connectivity index (χ2n) is 6.44. The van der Waals surface area contributed by atoms with Crippen LogP contribution in [-0.4, -0.2) is 33.8 Å². The van der Waals surface area contributed by atoms with Gasteiger partial charge in [0.05, 0.1) is 5.92 Å². The van der Waals surface area contributed by atoms with Gasteiger partial charge in [0.25, 0.3) is 0 Å². The standard InChI is InChI=1S/C18H22N4O2S2/c1-4-12(3)25-18-21-20-17(26-18)19-16(24)13-9-15(23)22(10-13)14-7-5-6-11(2)8-14/h5-8,12-13H,4,9-10H2,1-3H3,(H,19,20,24)/t12-,13+/m1/s1. The molecule has 26 heavy (non-hydrogen) atoms. The van der Waals surface area contributed by atoms with Crippen molar-refractivity contribution in [2.24, 2.45) is 5.92 Å². The molecule has 0 unspecified atom stereocenters. The van der Waals surface area contributed by atoms with Gasteiger partial charge in [0.15, 0.2) is 4.34 Å². The predicted molar refractivity (Wildman–Crippen MR) is 106 cm³/mol. The maximum absolute atomic E-state index is 12.5. The molecule has 8 heteroatoms. The lowest BCUT2D eigenvalue weighted by Gasteiger charge is -2.17. The van der Waals surface area contributed by atoms with E-state index >= 15 is 0 Å². The zero-order valence-corrected chi connectivity index (χ0v) is 16.7. The first kappa shape index (κ1) is 18.8. The number of nitrogens with one attached hydrogen (secondary N) is 1. The van der Waals surface area contributed by atoms with Crippen molar-refractivity contribution < 1.29 is 9.59 Å². The van der Waals surface area contributed by atoms with Gasteiger partial charge in [0.2, 0.25) is 16.9 Å². The second-order valence-corrected chi connectivity index (χ2v) is 9.11. The Morgan fingerprint density at radius 1 is 1.46 bits per heavy atom. The first-order valence-electron chi connectivity index (χ1n) is 8.64. The SMILES string of the molecule is CC[C@@H](C)Sc1nnc(NC(=O)[C@H]2CC(=O)N(c3cccc(C)c3)C2)s1. The molecule has 2 atom stereocenters. The van der Waals surface area contributed by atoms with E-state index in [9.17, 15) is 9.59 Å². The number of aryl methyl sites for hydroxylation is 1. The van der Waals surface area contributed by atoms with Gasteiger partial charge < -0.3 is 10.2 Å². The Kier molecular flexibility index (Phi) is 5.93. The summed E-state index contributed by atoms with van der Waals surface area (Å²) in [7, 11) is 0. The number of carbonyl (C=O) groups is 2. The van der Waals surface area contributed by atoms with Crippen LogP contribution < -0.4 is 10.2 Å². The van der Waals surface area contributed by atoms with Crippen LogP contribution >= 0.6 is 23.1 Å². The third-order valence-corrected chi connectivity index (χ3v) is 6.51. The van der Waals surface area contributed by atoms with E-state index in [1.165, 1.54) is 11.3 Å². The average molecular weight is 391 g/mol. The molecule has 2 aromatic rings. The Labute approximate surface area is 161 Å². The lowest BCUT2D eigenvalue weighted by molar-refractivity contribution is -0.122. The van der Waals surface area contributed by atoms with Gasteiger partial charge in [-0.2, -0.15) is 0 Å². The molecular weight excluding hydrogens is 368 g/mol. The Morgan fingerprint density at radius 3 is 3.00 bits per heavy atom. The van der Waals surface area contributed by atoms with Crippen molar-refractivity contribution >= 4 is 45.7 Å². The number of aromatic nitrogens is 2. The van der Waals surface area contributed by atoms with Gasteiger partial charge in [-0.05, 0) is 31.0 Å². The van der Waals surface area contributed by atoms with Gasteiger partial charge in [-0.15, -0.1) is 10.2 Å². The molecule has 2 heterocycles. The predicted octanol–water partition coefficient (Wildman–Crippen LogP) is 3.73. The lowest BCUT2D eigenvalue weighted by Crippen LogP contribution is -2.28. The molecule has 0 bridgehead atoms. The van der Waals surface area contributed by atoms with E-state index in [1.54, 1.807) is 16.7 Å². The molecule has 1 aliphatic rings. The molecule has 0 saturated carbocycles. The first-order valence-corrected chi connectivity index (χ1v) is 10.3. The summed E-state index contributed by atoms with van der Waals surface area (Å²) < 4.78 is 0.846. The highest BCUT2D eigenvalue weighted by Crippen LogP contribution is 2.31. The van der Waals surface area contributed by atoms with E-state index in [1.807, 2.05) is 31.2 Å². The summed E-state index contributed by atoms with van der Waals surface area (Å²) in [5.74, 6) is -0.580. The number of benzene rings is 1. The Bertz CT molecular complexity index is 808. The van der Waals surface area contributed by atoms with Crippen molar-refractivity contribution in [2.75, 3.05) is 16.8 Å². The number of rotatable bonds is 6. The van der Waals surface area contributed by atoms with Crippen LogP contribution in [0.4, 0.5) is 10.8 Å².